The normalized spacial score (nSPS) is 10.6. The second-order valence-electron chi connectivity index (χ2n) is 5.81. The Morgan fingerprint density at radius 1 is 1.26 bits per heavy atom. The zero-order valence-electron chi connectivity index (χ0n) is 12.2. The van der Waals surface area contributed by atoms with Gasteiger partial charge in [-0.25, -0.2) is 0 Å². The van der Waals surface area contributed by atoms with E-state index in [1.54, 1.807) is 4.90 Å². The third-order valence-electron chi connectivity index (χ3n) is 2.52. The lowest BCUT2D eigenvalue weighted by molar-refractivity contribution is 0.0745. The predicted octanol–water partition coefficient (Wildman–Crippen LogP) is 2.11. The summed E-state index contributed by atoms with van der Waals surface area (Å²) >= 11 is 0. The Hall–Kier alpha value is -1.79. The van der Waals surface area contributed by atoms with Crippen LogP contribution in [-0.4, -0.2) is 30.9 Å². The third-order valence-corrected chi connectivity index (χ3v) is 2.52. The molecule has 0 aliphatic carbocycles. The van der Waals surface area contributed by atoms with E-state index in [1.165, 1.54) is 0 Å². The monoisotopic (exact) mass is 258 g/mol. The molecular weight excluding hydrogens is 236 g/mol. The van der Waals surface area contributed by atoms with Crippen LogP contribution in [0.1, 0.15) is 36.7 Å². The number of rotatable bonds is 2. The lowest BCUT2D eigenvalue weighted by Gasteiger charge is -2.26. The molecule has 0 aliphatic heterocycles. The molecule has 102 valence electrons. The van der Waals surface area contributed by atoms with E-state index in [1.807, 2.05) is 31.3 Å². The summed E-state index contributed by atoms with van der Waals surface area (Å²) in [6, 6.07) is 7.31. The smallest absolute Gasteiger partial charge is 0.253 e. The van der Waals surface area contributed by atoms with E-state index in [4.69, 9.17) is 5.73 Å². The Morgan fingerprint density at radius 3 is 2.32 bits per heavy atom. The highest BCUT2D eigenvalue weighted by molar-refractivity contribution is 5.94. The molecule has 0 spiro atoms. The van der Waals surface area contributed by atoms with Crippen molar-refractivity contribution in [2.24, 2.45) is 11.1 Å². The molecule has 0 fully saturated rings. The highest BCUT2D eigenvalue weighted by atomic mass is 16.2. The van der Waals surface area contributed by atoms with Crippen LogP contribution in [0.5, 0.6) is 0 Å². The van der Waals surface area contributed by atoms with Gasteiger partial charge in [0.15, 0.2) is 0 Å². The maximum Gasteiger partial charge on any atom is 0.253 e. The van der Waals surface area contributed by atoms with Gasteiger partial charge in [0.2, 0.25) is 0 Å². The molecule has 19 heavy (non-hydrogen) atoms. The summed E-state index contributed by atoms with van der Waals surface area (Å²) < 4.78 is 0. The van der Waals surface area contributed by atoms with Crippen molar-refractivity contribution in [1.29, 1.82) is 0 Å². The van der Waals surface area contributed by atoms with E-state index in [0.717, 1.165) is 12.1 Å². The maximum absolute atomic E-state index is 12.2. The summed E-state index contributed by atoms with van der Waals surface area (Å²) in [5.74, 6) is 5.76. The minimum atomic E-state index is 0.0354. The van der Waals surface area contributed by atoms with Gasteiger partial charge in [0.05, 0.1) is 6.54 Å². The van der Waals surface area contributed by atoms with Gasteiger partial charge in [0, 0.05) is 24.7 Å². The predicted molar refractivity (Wildman–Crippen MR) is 78.8 cm³/mol. The zero-order valence-corrected chi connectivity index (χ0v) is 12.2. The third kappa shape index (κ3) is 5.15. The zero-order chi connectivity index (χ0) is 14.5. The van der Waals surface area contributed by atoms with Gasteiger partial charge in [0.25, 0.3) is 5.91 Å². The standard InChI is InChI=1S/C16H22N2O/c1-16(2,3)12-18(4)15(19)14-9-7-13(8-10-14)6-5-11-17/h7-10H,11-12,17H2,1-4H3. The van der Waals surface area contributed by atoms with Gasteiger partial charge in [-0.05, 0) is 29.7 Å². The van der Waals surface area contributed by atoms with Gasteiger partial charge < -0.3 is 10.6 Å². The van der Waals surface area contributed by atoms with Crippen molar-refractivity contribution in [1.82, 2.24) is 4.90 Å². The van der Waals surface area contributed by atoms with Crippen molar-refractivity contribution in [3.63, 3.8) is 0 Å². The summed E-state index contributed by atoms with van der Waals surface area (Å²) in [6.45, 7) is 7.41. The summed E-state index contributed by atoms with van der Waals surface area (Å²) in [5, 5.41) is 0. The number of hydrogen-bond acceptors (Lipinski definition) is 2. The first-order chi connectivity index (χ1) is 8.83. The number of nitrogens with two attached hydrogens (primary N) is 1. The molecule has 0 saturated carbocycles. The lowest BCUT2D eigenvalue weighted by atomic mass is 9.96. The number of benzene rings is 1. The molecule has 3 nitrogen and oxygen atoms in total. The van der Waals surface area contributed by atoms with E-state index in [2.05, 4.69) is 32.6 Å². The van der Waals surface area contributed by atoms with E-state index in [9.17, 15) is 4.79 Å². The number of carbonyl (C=O) groups excluding carboxylic acids is 1. The Labute approximate surface area is 115 Å². The van der Waals surface area contributed by atoms with Crippen molar-refractivity contribution in [2.75, 3.05) is 20.1 Å². The second kappa shape index (κ2) is 6.40. The molecule has 0 unspecified atom stereocenters. The van der Waals surface area contributed by atoms with Gasteiger partial charge in [0.1, 0.15) is 0 Å². The van der Waals surface area contributed by atoms with E-state index < -0.39 is 0 Å². The topological polar surface area (TPSA) is 46.3 Å². The molecule has 0 atom stereocenters. The van der Waals surface area contributed by atoms with Crippen LogP contribution in [0.3, 0.4) is 0 Å². The summed E-state index contributed by atoms with van der Waals surface area (Å²) in [5.41, 5.74) is 6.97. The summed E-state index contributed by atoms with van der Waals surface area (Å²) in [4.78, 5) is 14.0. The van der Waals surface area contributed by atoms with Crippen LogP contribution in [0.25, 0.3) is 0 Å². The Bertz CT molecular complexity index is 486. The average Bonchev–Trinajstić information content (AvgIpc) is 2.34. The van der Waals surface area contributed by atoms with Gasteiger partial charge in [-0.1, -0.05) is 32.6 Å². The first-order valence-corrected chi connectivity index (χ1v) is 6.38. The van der Waals surface area contributed by atoms with Gasteiger partial charge in [-0.2, -0.15) is 0 Å². The van der Waals surface area contributed by atoms with Crippen molar-refractivity contribution < 1.29 is 4.79 Å². The number of amides is 1. The second-order valence-corrected chi connectivity index (χ2v) is 5.81. The molecule has 0 saturated heterocycles. The molecule has 1 rings (SSSR count). The number of carbonyl (C=O) groups is 1. The minimum Gasteiger partial charge on any atom is -0.341 e. The average molecular weight is 258 g/mol. The fourth-order valence-corrected chi connectivity index (χ4v) is 1.85. The highest BCUT2D eigenvalue weighted by Crippen LogP contribution is 2.16. The number of hydrogen-bond donors (Lipinski definition) is 1. The van der Waals surface area contributed by atoms with Crippen LogP contribution in [0.2, 0.25) is 0 Å². The van der Waals surface area contributed by atoms with Gasteiger partial charge in [-0.3, -0.25) is 4.79 Å². The molecule has 1 aromatic rings. The maximum atomic E-state index is 12.2. The molecule has 1 amide bonds. The molecule has 0 radical (unpaired) electrons. The Balaban J connectivity index is 2.78. The Kier molecular flexibility index (Phi) is 5.14. The fourth-order valence-electron chi connectivity index (χ4n) is 1.85. The van der Waals surface area contributed by atoms with Crippen LogP contribution >= 0.6 is 0 Å². The summed E-state index contributed by atoms with van der Waals surface area (Å²) in [6.07, 6.45) is 0. The minimum absolute atomic E-state index is 0.0354. The van der Waals surface area contributed by atoms with Crippen molar-refractivity contribution in [2.45, 2.75) is 20.8 Å². The molecule has 0 aliphatic rings. The first kappa shape index (κ1) is 15.3. The van der Waals surface area contributed by atoms with Crippen LogP contribution in [0.4, 0.5) is 0 Å². The van der Waals surface area contributed by atoms with Crippen molar-refractivity contribution in [3.05, 3.63) is 35.4 Å². The first-order valence-electron chi connectivity index (χ1n) is 6.38. The van der Waals surface area contributed by atoms with E-state index >= 15 is 0 Å². The van der Waals surface area contributed by atoms with Gasteiger partial charge in [-0.15, -0.1) is 0 Å². The lowest BCUT2D eigenvalue weighted by Crippen LogP contribution is -2.34. The molecular formula is C16H22N2O. The van der Waals surface area contributed by atoms with Crippen molar-refractivity contribution in [3.8, 4) is 11.8 Å². The molecule has 3 heteroatoms. The quantitative estimate of drug-likeness (QED) is 0.826. The number of nitrogens with zero attached hydrogens (tertiary/aromatic N) is 1. The van der Waals surface area contributed by atoms with Crippen molar-refractivity contribution >= 4 is 5.91 Å². The largest absolute Gasteiger partial charge is 0.341 e. The molecule has 0 aromatic heterocycles. The Morgan fingerprint density at radius 2 is 1.84 bits per heavy atom. The van der Waals surface area contributed by atoms with Crippen LogP contribution in [-0.2, 0) is 0 Å². The van der Waals surface area contributed by atoms with Crippen LogP contribution in [0.15, 0.2) is 24.3 Å². The molecule has 0 heterocycles. The van der Waals surface area contributed by atoms with Crippen LogP contribution < -0.4 is 5.73 Å². The van der Waals surface area contributed by atoms with Gasteiger partial charge >= 0.3 is 0 Å². The fraction of sp³-hybridized carbons (Fsp3) is 0.438. The molecule has 2 N–H and O–H groups in total. The van der Waals surface area contributed by atoms with E-state index in [0.29, 0.717) is 12.1 Å². The molecule has 1 aromatic carbocycles. The van der Waals surface area contributed by atoms with Crippen LogP contribution in [0, 0.1) is 17.3 Å². The SMILES string of the molecule is CN(CC(C)(C)C)C(=O)c1ccc(C#CCN)cc1. The molecule has 0 bridgehead atoms. The summed E-state index contributed by atoms with van der Waals surface area (Å²) in [7, 11) is 1.83. The highest BCUT2D eigenvalue weighted by Gasteiger charge is 2.18. The van der Waals surface area contributed by atoms with E-state index in [-0.39, 0.29) is 11.3 Å².